The number of hydrogen-bond acceptors (Lipinski definition) is 4. The van der Waals surface area contributed by atoms with Crippen molar-refractivity contribution in [3.8, 4) is 12.3 Å². The lowest BCUT2D eigenvalue weighted by Gasteiger charge is -2.42. The van der Waals surface area contributed by atoms with Crippen LogP contribution in [-0.4, -0.2) is 60.4 Å². The number of morpholine rings is 1. The van der Waals surface area contributed by atoms with Gasteiger partial charge < -0.3 is 14.7 Å². The van der Waals surface area contributed by atoms with Crippen LogP contribution in [0.25, 0.3) is 0 Å². The SMILES string of the molecule is C#CCNCC(=O)N1CC(CO)OC(C)(C)C1. The predicted octanol–water partition coefficient (Wildman–Crippen LogP) is -0.792. The molecule has 0 aromatic carbocycles. The molecule has 0 saturated carbocycles. The highest BCUT2D eigenvalue weighted by Gasteiger charge is 2.34. The lowest BCUT2D eigenvalue weighted by Crippen LogP contribution is -2.56. The van der Waals surface area contributed by atoms with Crippen molar-refractivity contribution in [2.45, 2.75) is 25.6 Å². The molecule has 1 aliphatic heterocycles. The van der Waals surface area contributed by atoms with E-state index in [1.54, 1.807) is 4.90 Å². The van der Waals surface area contributed by atoms with Crippen LogP contribution >= 0.6 is 0 Å². The van der Waals surface area contributed by atoms with Gasteiger partial charge in [-0.05, 0) is 13.8 Å². The second kappa shape index (κ2) is 6.01. The molecule has 5 heteroatoms. The molecule has 0 aliphatic carbocycles. The largest absolute Gasteiger partial charge is 0.394 e. The number of amides is 1. The molecule has 1 atom stereocenters. The molecule has 1 saturated heterocycles. The first kappa shape index (κ1) is 14.0. The van der Waals surface area contributed by atoms with Gasteiger partial charge in [0.15, 0.2) is 0 Å². The third-order valence-corrected chi connectivity index (χ3v) is 2.54. The van der Waals surface area contributed by atoms with E-state index in [-0.39, 0.29) is 25.2 Å². The summed E-state index contributed by atoms with van der Waals surface area (Å²) >= 11 is 0. The van der Waals surface area contributed by atoms with Gasteiger partial charge in [0.05, 0.1) is 31.4 Å². The number of ether oxygens (including phenoxy) is 1. The number of rotatable bonds is 4. The zero-order valence-corrected chi connectivity index (χ0v) is 10.4. The third kappa shape index (κ3) is 4.35. The molecule has 96 valence electrons. The Morgan fingerprint density at radius 3 is 3.00 bits per heavy atom. The molecule has 0 radical (unpaired) electrons. The molecular weight excluding hydrogens is 220 g/mol. The quantitative estimate of drug-likeness (QED) is 0.499. The number of nitrogens with zero attached hydrogens (tertiary/aromatic N) is 1. The molecule has 1 unspecified atom stereocenters. The van der Waals surface area contributed by atoms with E-state index in [0.717, 1.165) is 0 Å². The Morgan fingerprint density at radius 2 is 2.41 bits per heavy atom. The highest BCUT2D eigenvalue weighted by Crippen LogP contribution is 2.20. The first-order valence-electron chi connectivity index (χ1n) is 5.69. The summed E-state index contributed by atoms with van der Waals surface area (Å²) in [4.78, 5) is 13.6. The lowest BCUT2D eigenvalue weighted by atomic mass is 10.1. The summed E-state index contributed by atoms with van der Waals surface area (Å²) in [5.74, 6) is 2.40. The van der Waals surface area contributed by atoms with Crippen molar-refractivity contribution in [3.05, 3.63) is 0 Å². The second-order valence-corrected chi connectivity index (χ2v) is 4.76. The average molecular weight is 240 g/mol. The Morgan fingerprint density at radius 1 is 1.71 bits per heavy atom. The van der Waals surface area contributed by atoms with Gasteiger partial charge in [0.25, 0.3) is 0 Å². The Hall–Kier alpha value is -1.09. The summed E-state index contributed by atoms with van der Waals surface area (Å²) in [6.07, 6.45) is 4.78. The molecule has 1 aliphatic rings. The van der Waals surface area contributed by atoms with Gasteiger partial charge in [-0.2, -0.15) is 0 Å². The summed E-state index contributed by atoms with van der Waals surface area (Å²) in [6.45, 7) is 5.29. The van der Waals surface area contributed by atoms with Crippen molar-refractivity contribution in [3.63, 3.8) is 0 Å². The van der Waals surface area contributed by atoms with E-state index in [2.05, 4.69) is 11.2 Å². The summed E-state index contributed by atoms with van der Waals surface area (Å²) in [7, 11) is 0. The van der Waals surface area contributed by atoms with Crippen LogP contribution in [0.1, 0.15) is 13.8 Å². The van der Waals surface area contributed by atoms with Gasteiger partial charge in [-0.1, -0.05) is 5.92 Å². The maximum atomic E-state index is 11.9. The monoisotopic (exact) mass is 240 g/mol. The zero-order valence-electron chi connectivity index (χ0n) is 10.4. The maximum Gasteiger partial charge on any atom is 0.236 e. The van der Waals surface area contributed by atoms with Gasteiger partial charge >= 0.3 is 0 Å². The Labute approximate surface area is 102 Å². The molecule has 17 heavy (non-hydrogen) atoms. The number of carbonyl (C=O) groups is 1. The number of aliphatic hydroxyl groups is 1. The minimum atomic E-state index is -0.423. The van der Waals surface area contributed by atoms with Crippen LogP contribution in [0, 0.1) is 12.3 Å². The molecule has 1 heterocycles. The van der Waals surface area contributed by atoms with Crippen LogP contribution in [0.5, 0.6) is 0 Å². The van der Waals surface area contributed by atoms with Crippen molar-refractivity contribution in [2.24, 2.45) is 0 Å². The van der Waals surface area contributed by atoms with Gasteiger partial charge in [-0.3, -0.25) is 10.1 Å². The number of aliphatic hydroxyl groups excluding tert-OH is 1. The molecule has 2 N–H and O–H groups in total. The smallest absolute Gasteiger partial charge is 0.236 e. The van der Waals surface area contributed by atoms with Crippen molar-refractivity contribution in [2.75, 3.05) is 32.8 Å². The van der Waals surface area contributed by atoms with Crippen molar-refractivity contribution in [1.82, 2.24) is 10.2 Å². The van der Waals surface area contributed by atoms with Gasteiger partial charge in [-0.15, -0.1) is 6.42 Å². The Kier molecular flexibility index (Phi) is 4.94. The fraction of sp³-hybridized carbons (Fsp3) is 0.750. The Balaban J connectivity index is 2.52. The fourth-order valence-electron chi connectivity index (χ4n) is 1.93. The molecule has 0 spiro atoms. The molecule has 0 aromatic rings. The molecule has 5 nitrogen and oxygen atoms in total. The van der Waals surface area contributed by atoms with Gasteiger partial charge in [0.2, 0.25) is 5.91 Å². The topological polar surface area (TPSA) is 61.8 Å². The summed E-state index contributed by atoms with van der Waals surface area (Å²) in [6, 6.07) is 0. The minimum absolute atomic E-state index is 0.0184. The fourth-order valence-corrected chi connectivity index (χ4v) is 1.93. The van der Waals surface area contributed by atoms with Crippen LogP contribution in [0.4, 0.5) is 0 Å². The molecular formula is C12H20N2O3. The first-order valence-corrected chi connectivity index (χ1v) is 5.69. The van der Waals surface area contributed by atoms with Crippen molar-refractivity contribution in [1.29, 1.82) is 0 Å². The first-order chi connectivity index (χ1) is 7.98. The highest BCUT2D eigenvalue weighted by atomic mass is 16.5. The second-order valence-electron chi connectivity index (χ2n) is 4.76. The van der Waals surface area contributed by atoms with E-state index in [1.165, 1.54) is 0 Å². The highest BCUT2D eigenvalue weighted by molar-refractivity contribution is 5.78. The van der Waals surface area contributed by atoms with E-state index in [4.69, 9.17) is 16.3 Å². The van der Waals surface area contributed by atoms with Crippen LogP contribution in [0.3, 0.4) is 0 Å². The van der Waals surface area contributed by atoms with Gasteiger partial charge in [0.1, 0.15) is 0 Å². The molecule has 1 fully saturated rings. The average Bonchev–Trinajstić information content (AvgIpc) is 2.27. The third-order valence-electron chi connectivity index (χ3n) is 2.54. The lowest BCUT2D eigenvalue weighted by molar-refractivity contribution is -0.166. The summed E-state index contributed by atoms with van der Waals surface area (Å²) in [5, 5.41) is 12.0. The normalized spacial score (nSPS) is 23.2. The standard InChI is InChI=1S/C12H20N2O3/c1-4-5-13-6-11(16)14-7-10(8-15)17-12(2,3)9-14/h1,10,13,15H,5-9H2,2-3H3. The van der Waals surface area contributed by atoms with Gasteiger partial charge in [-0.25, -0.2) is 0 Å². The number of hydrogen-bond donors (Lipinski definition) is 2. The van der Waals surface area contributed by atoms with E-state index >= 15 is 0 Å². The van der Waals surface area contributed by atoms with E-state index < -0.39 is 5.60 Å². The van der Waals surface area contributed by atoms with Crippen molar-refractivity contribution < 1.29 is 14.6 Å². The number of nitrogens with one attached hydrogen (secondary N) is 1. The molecule has 1 amide bonds. The van der Waals surface area contributed by atoms with Crippen LogP contribution in [-0.2, 0) is 9.53 Å². The van der Waals surface area contributed by atoms with Crippen LogP contribution in [0.2, 0.25) is 0 Å². The maximum absolute atomic E-state index is 11.9. The van der Waals surface area contributed by atoms with E-state index in [0.29, 0.717) is 19.6 Å². The zero-order chi connectivity index (χ0) is 12.9. The van der Waals surface area contributed by atoms with E-state index in [9.17, 15) is 4.79 Å². The Bertz CT molecular complexity index is 309. The van der Waals surface area contributed by atoms with Crippen LogP contribution < -0.4 is 5.32 Å². The number of terminal acetylenes is 1. The predicted molar refractivity (Wildman–Crippen MR) is 64.3 cm³/mol. The van der Waals surface area contributed by atoms with Crippen LogP contribution in [0.15, 0.2) is 0 Å². The summed E-state index contributed by atoms with van der Waals surface area (Å²) in [5.41, 5.74) is -0.423. The van der Waals surface area contributed by atoms with Crippen molar-refractivity contribution >= 4 is 5.91 Å². The van der Waals surface area contributed by atoms with E-state index in [1.807, 2.05) is 13.8 Å². The molecule has 0 bridgehead atoms. The number of carbonyl (C=O) groups excluding carboxylic acids is 1. The molecule has 0 aromatic heterocycles. The molecule has 1 rings (SSSR count). The van der Waals surface area contributed by atoms with Gasteiger partial charge in [0, 0.05) is 13.1 Å². The minimum Gasteiger partial charge on any atom is -0.394 e. The summed E-state index contributed by atoms with van der Waals surface area (Å²) < 4.78 is 5.63.